The molecule has 19 heavy (non-hydrogen) atoms. The number of nitrogens with zero attached hydrogens (tertiary/aromatic N) is 1. The molecule has 1 aromatic carbocycles. The van der Waals surface area contributed by atoms with Crippen LogP contribution in [0.5, 0.6) is 0 Å². The first kappa shape index (κ1) is 13.4. The molecule has 0 radical (unpaired) electrons. The van der Waals surface area contributed by atoms with Gasteiger partial charge in [-0.25, -0.2) is 4.39 Å². The molecule has 0 aliphatic heterocycles. The number of hydrogen-bond acceptors (Lipinski definition) is 2. The number of aryl methyl sites for hydroxylation is 1. The van der Waals surface area contributed by atoms with Gasteiger partial charge in [-0.15, -0.1) is 0 Å². The maximum Gasteiger partial charge on any atom is 0.171 e. The highest BCUT2D eigenvalue weighted by molar-refractivity contribution is 7.80. The fourth-order valence-corrected chi connectivity index (χ4v) is 1.80. The van der Waals surface area contributed by atoms with Crippen LogP contribution in [0.4, 0.5) is 10.1 Å². The van der Waals surface area contributed by atoms with E-state index < -0.39 is 0 Å². The van der Waals surface area contributed by atoms with Crippen LogP contribution < -0.4 is 10.6 Å². The molecule has 0 atom stereocenters. The minimum absolute atomic E-state index is 0.298. The number of halogens is 1. The van der Waals surface area contributed by atoms with Crippen molar-refractivity contribution in [1.29, 1.82) is 0 Å². The van der Waals surface area contributed by atoms with Crippen molar-refractivity contribution in [1.82, 2.24) is 10.3 Å². The quantitative estimate of drug-likeness (QED) is 0.844. The van der Waals surface area contributed by atoms with E-state index in [0.717, 1.165) is 11.4 Å². The summed E-state index contributed by atoms with van der Waals surface area (Å²) in [5, 5.41) is 6.39. The van der Waals surface area contributed by atoms with Crippen molar-refractivity contribution in [3.05, 3.63) is 59.7 Å². The molecule has 3 nitrogen and oxygen atoms in total. The van der Waals surface area contributed by atoms with Crippen molar-refractivity contribution in [3.8, 4) is 0 Å². The molecule has 2 rings (SSSR count). The van der Waals surface area contributed by atoms with E-state index in [0.29, 0.717) is 17.3 Å². The van der Waals surface area contributed by atoms with Gasteiger partial charge in [0.2, 0.25) is 0 Å². The van der Waals surface area contributed by atoms with Crippen LogP contribution in [0.2, 0.25) is 0 Å². The number of rotatable bonds is 3. The van der Waals surface area contributed by atoms with Gasteiger partial charge in [0.1, 0.15) is 5.82 Å². The Bertz CT molecular complexity index is 586. The second-order valence-electron chi connectivity index (χ2n) is 4.09. The minimum Gasteiger partial charge on any atom is -0.357 e. The topological polar surface area (TPSA) is 37.0 Å². The van der Waals surface area contributed by atoms with Crippen molar-refractivity contribution in [3.63, 3.8) is 0 Å². The Balaban J connectivity index is 1.88. The zero-order valence-corrected chi connectivity index (χ0v) is 11.3. The smallest absolute Gasteiger partial charge is 0.171 e. The van der Waals surface area contributed by atoms with Gasteiger partial charge in [0.15, 0.2) is 5.11 Å². The molecule has 0 saturated carbocycles. The first-order valence-corrected chi connectivity index (χ1v) is 6.27. The van der Waals surface area contributed by atoms with Crippen molar-refractivity contribution >= 4 is 23.0 Å². The van der Waals surface area contributed by atoms with Crippen LogP contribution >= 0.6 is 12.2 Å². The molecule has 5 heteroatoms. The molecule has 0 saturated heterocycles. The summed E-state index contributed by atoms with van der Waals surface area (Å²) in [4.78, 5) is 4.36. The van der Waals surface area contributed by atoms with Gasteiger partial charge in [0.25, 0.3) is 0 Å². The number of anilines is 1. The molecule has 1 aromatic heterocycles. The molecule has 2 N–H and O–H groups in total. The predicted octanol–water partition coefficient (Wildman–Crippen LogP) is 3.02. The zero-order valence-electron chi connectivity index (χ0n) is 10.5. The molecule has 98 valence electrons. The fraction of sp³-hybridized carbons (Fsp3) is 0.143. The number of hydrogen-bond donors (Lipinski definition) is 2. The molecular formula is C14H14FN3S. The second kappa shape index (κ2) is 6.24. The Morgan fingerprint density at radius 1 is 1.26 bits per heavy atom. The summed E-state index contributed by atoms with van der Waals surface area (Å²) < 4.78 is 13.0. The molecule has 0 unspecified atom stereocenters. The van der Waals surface area contributed by atoms with Crippen LogP contribution in [-0.2, 0) is 6.54 Å². The average Bonchev–Trinajstić information content (AvgIpc) is 2.36. The Morgan fingerprint density at radius 2 is 2.05 bits per heavy atom. The van der Waals surface area contributed by atoms with E-state index in [1.54, 1.807) is 12.1 Å². The van der Waals surface area contributed by atoms with E-state index in [9.17, 15) is 4.39 Å². The van der Waals surface area contributed by atoms with E-state index in [1.165, 1.54) is 12.1 Å². The highest BCUT2D eigenvalue weighted by Crippen LogP contribution is 2.08. The van der Waals surface area contributed by atoms with Crippen LogP contribution in [-0.4, -0.2) is 10.1 Å². The Kier molecular flexibility index (Phi) is 4.41. The Labute approximate surface area is 116 Å². The lowest BCUT2D eigenvalue weighted by Gasteiger charge is -2.10. The number of nitrogens with one attached hydrogen (secondary N) is 2. The SMILES string of the molecule is Cc1cccc(CNC(=S)Nc2cccc(F)c2)n1. The van der Waals surface area contributed by atoms with Crippen molar-refractivity contribution in [2.45, 2.75) is 13.5 Å². The second-order valence-corrected chi connectivity index (χ2v) is 4.50. The van der Waals surface area contributed by atoms with E-state index in [1.807, 2.05) is 25.1 Å². The third-order valence-electron chi connectivity index (χ3n) is 2.46. The van der Waals surface area contributed by atoms with Gasteiger partial charge in [-0.2, -0.15) is 0 Å². The molecule has 1 heterocycles. The van der Waals surface area contributed by atoms with E-state index in [2.05, 4.69) is 15.6 Å². The van der Waals surface area contributed by atoms with Crippen molar-refractivity contribution in [2.24, 2.45) is 0 Å². The molecule has 0 bridgehead atoms. The van der Waals surface area contributed by atoms with Crippen molar-refractivity contribution < 1.29 is 4.39 Å². The third kappa shape index (κ3) is 4.30. The van der Waals surface area contributed by atoms with Gasteiger partial charge in [0, 0.05) is 11.4 Å². The molecule has 0 spiro atoms. The van der Waals surface area contributed by atoms with E-state index >= 15 is 0 Å². The van der Waals surface area contributed by atoms with Crippen LogP contribution in [0.25, 0.3) is 0 Å². The van der Waals surface area contributed by atoms with Gasteiger partial charge in [0.05, 0.1) is 12.2 Å². The lowest BCUT2D eigenvalue weighted by atomic mass is 10.3. The van der Waals surface area contributed by atoms with Crippen LogP contribution in [0, 0.1) is 12.7 Å². The van der Waals surface area contributed by atoms with Gasteiger partial charge in [-0.05, 0) is 49.5 Å². The summed E-state index contributed by atoms with van der Waals surface area (Å²) in [6, 6.07) is 12.0. The molecule has 0 aliphatic rings. The summed E-state index contributed by atoms with van der Waals surface area (Å²) in [5.41, 5.74) is 2.49. The third-order valence-corrected chi connectivity index (χ3v) is 2.70. The summed E-state index contributed by atoms with van der Waals surface area (Å²) in [6.07, 6.45) is 0. The van der Waals surface area contributed by atoms with Gasteiger partial charge in [-0.1, -0.05) is 12.1 Å². The van der Waals surface area contributed by atoms with Gasteiger partial charge < -0.3 is 10.6 Å². The highest BCUT2D eigenvalue weighted by Gasteiger charge is 2.00. The van der Waals surface area contributed by atoms with Crippen LogP contribution in [0.1, 0.15) is 11.4 Å². The number of aromatic nitrogens is 1. The first-order valence-electron chi connectivity index (χ1n) is 5.86. The number of pyridine rings is 1. The predicted molar refractivity (Wildman–Crippen MR) is 78.4 cm³/mol. The molecule has 2 aromatic rings. The Morgan fingerprint density at radius 3 is 2.79 bits per heavy atom. The van der Waals surface area contributed by atoms with E-state index in [4.69, 9.17) is 12.2 Å². The fourth-order valence-electron chi connectivity index (χ4n) is 1.61. The maximum absolute atomic E-state index is 13.0. The lowest BCUT2D eigenvalue weighted by molar-refractivity contribution is 0.628. The lowest BCUT2D eigenvalue weighted by Crippen LogP contribution is -2.28. The zero-order chi connectivity index (χ0) is 13.7. The summed E-state index contributed by atoms with van der Waals surface area (Å²) in [7, 11) is 0. The number of thiocarbonyl (C=S) groups is 1. The minimum atomic E-state index is -0.298. The monoisotopic (exact) mass is 275 g/mol. The first-order chi connectivity index (χ1) is 9.13. The Hall–Kier alpha value is -2.01. The molecule has 0 aliphatic carbocycles. The van der Waals surface area contributed by atoms with E-state index in [-0.39, 0.29) is 5.82 Å². The van der Waals surface area contributed by atoms with Gasteiger partial charge in [-0.3, -0.25) is 4.98 Å². The van der Waals surface area contributed by atoms with Crippen LogP contribution in [0.15, 0.2) is 42.5 Å². The normalized spacial score (nSPS) is 10.0. The van der Waals surface area contributed by atoms with Gasteiger partial charge >= 0.3 is 0 Å². The number of benzene rings is 1. The summed E-state index contributed by atoms with van der Waals surface area (Å²) in [5.74, 6) is -0.298. The summed E-state index contributed by atoms with van der Waals surface area (Å²) in [6.45, 7) is 2.47. The average molecular weight is 275 g/mol. The molecule has 0 fully saturated rings. The standard InChI is InChI=1S/C14H14FN3S/c1-10-4-2-7-13(17-10)9-16-14(19)18-12-6-3-5-11(15)8-12/h2-8H,9H2,1H3,(H2,16,18,19). The highest BCUT2D eigenvalue weighted by atomic mass is 32.1. The molecular weight excluding hydrogens is 261 g/mol. The molecule has 0 amide bonds. The largest absolute Gasteiger partial charge is 0.357 e. The maximum atomic E-state index is 13.0. The van der Waals surface area contributed by atoms with Crippen LogP contribution in [0.3, 0.4) is 0 Å². The summed E-state index contributed by atoms with van der Waals surface area (Å²) >= 11 is 5.14. The van der Waals surface area contributed by atoms with Crippen molar-refractivity contribution in [2.75, 3.05) is 5.32 Å².